The Hall–Kier alpha value is -3.25. The number of ether oxygens (including phenoxy) is 2. The predicted molar refractivity (Wildman–Crippen MR) is 112 cm³/mol. The van der Waals surface area contributed by atoms with Gasteiger partial charge < -0.3 is 20.5 Å². The number of aromatic nitrogens is 1. The van der Waals surface area contributed by atoms with Crippen molar-refractivity contribution in [2.45, 2.75) is 13.2 Å². The maximum absolute atomic E-state index is 6.10. The molecule has 0 saturated carbocycles. The average Bonchev–Trinajstić information content (AvgIpc) is 2.72. The number of aliphatic imine (C=N–C) groups is 1. The van der Waals surface area contributed by atoms with Gasteiger partial charge in [-0.15, -0.1) is 0 Å². The highest BCUT2D eigenvalue weighted by molar-refractivity contribution is 6.32. The first-order valence-corrected chi connectivity index (χ1v) is 9.04. The standard InChI is InChI=1S/C21H21ClN4O2/c1-27-20-10-7-16(12-19(20)22)26-21(23)25-13-15-5-8-18(9-6-15)28-14-17-4-2-3-11-24-17/h2-12H,13-14H2,1H3,(H3,23,25,26). The Labute approximate surface area is 169 Å². The fourth-order valence-electron chi connectivity index (χ4n) is 2.44. The van der Waals surface area contributed by atoms with E-state index in [0.717, 1.165) is 22.7 Å². The molecule has 0 atom stereocenters. The minimum absolute atomic E-state index is 0.303. The van der Waals surface area contributed by atoms with Gasteiger partial charge in [0, 0.05) is 11.9 Å². The fraction of sp³-hybridized carbons (Fsp3) is 0.143. The van der Waals surface area contributed by atoms with Gasteiger partial charge in [-0.2, -0.15) is 0 Å². The third-order valence-electron chi connectivity index (χ3n) is 3.89. The molecule has 0 radical (unpaired) electrons. The summed E-state index contributed by atoms with van der Waals surface area (Å²) in [4.78, 5) is 8.57. The van der Waals surface area contributed by atoms with Crippen molar-refractivity contribution in [2.24, 2.45) is 10.7 Å². The number of rotatable bonds is 7. The first-order valence-electron chi connectivity index (χ1n) is 8.66. The van der Waals surface area contributed by atoms with Crippen LogP contribution >= 0.6 is 11.6 Å². The molecule has 0 aliphatic heterocycles. The van der Waals surface area contributed by atoms with E-state index in [1.807, 2.05) is 48.5 Å². The molecule has 6 nitrogen and oxygen atoms in total. The van der Waals surface area contributed by atoms with Crippen LogP contribution in [0.3, 0.4) is 0 Å². The smallest absolute Gasteiger partial charge is 0.193 e. The van der Waals surface area contributed by atoms with Crippen LogP contribution in [0.5, 0.6) is 11.5 Å². The molecule has 0 fully saturated rings. The molecule has 1 aromatic heterocycles. The third kappa shape index (κ3) is 5.62. The van der Waals surface area contributed by atoms with Crippen LogP contribution in [0.4, 0.5) is 5.69 Å². The van der Waals surface area contributed by atoms with Crippen molar-refractivity contribution in [1.82, 2.24) is 4.98 Å². The minimum Gasteiger partial charge on any atom is -0.495 e. The fourth-order valence-corrected chi connectivity index (χ4v) is 2.70. The monoisotopic (exact) mass is 396 g/mol. The number of hydrogen-bond donors (Lipinski definition) is 2. The highest BCUT2D eigenvalue weighted by atomic mass is 35.5. The first-order chi connectivity index (χ1) is 13.6. The molecule has 2 aromatic carbocycles. The summed E-state index contributed by atoms with van der Waals surface area (Å²) in [6, 6.07) is 18.8. The zero-order valence-corrected chi connectivity index (χ0v) is 16.2. The molecule has 7 heteroatoms. The summed E-state index contributed by atoms with van der Waals surface area (Å²) in [6.07, 6.45) is 1.75. The summed E-state index contributed by atoms with van der Waals surface area (Å²) in [5, 5.41) is 3.51. The van der Waals surface area contributed by atoms with Crippen molar-refractivity contribution in [2.75, 3.05) is 12.4 Å². The van der Waals surface area contributed by atoms with E-state index in [0.29, 0.717) is 29.9 Å². The Bertz CT molecular complexity index is 931. The van der Waals surface area contributed by atoms with Crippen molar-refractivity contribution in [3.8, 4) is 11.5 Å². The lowest BCUT2D eigenvalue weighted by Gasteiger charge is -2.09. The number of nitrogens with two attached hydrogens (primary N) is 1. The lowest BCUT2D eigenvalue weighted by Crippen LogP contribution is -2.22. The van der Waals surface area contributed by atoms with Gasteiger partial charge >= 0.3 is 0 Å². The number of halogens is 1. The van der Waals surface area contributed by atoms with Gasteiger partial charge in [-0.1, -0.05) is 29.8 Å². The minimum atomic E-state index is 0.303. The SMILES string of the molecule is COc1ccc(NC(N)=NCc2ccc(OCc3ccccn3)cc2)cc1Cl. The van der Waals surface area contributed by atoms with Crippen LogP contribution in [0.1, 0.15) is 11.3 Å². The normalized spacial score (nSPS) is 11.1. The second kappa shape index (κ2) is 9.62. The molecule has 3 N–H and O–H groups in total. The van der Waals surface area contributed by atoms with Crippen molar-refractivity contribution in [1.29, 1.82) is 0 Å². The van der Waals surface area contributed by atoms with Crippen LogP contribution in [-0.2, 0) is 13.2 Å². The molecule has 0 aliphatic rings. The molecule has 1 heterocycles. The lowest BCUT2D eigenvalue weighted by atomic mass is 10.2. The zero-order valence-electron chi connectivity index (χ0n) is 15.4. The van der Waals surface area contributed by atoms with Crippen LogP contribution in [0.2, 0.25) is 5.02 Å². The van der Waals surface area contributed by atoms with Gasteiger partial charge in [0.25, 0.3) is 0 Å². The quantitative estimate of drug-likeness (QED) is 0.461. The molecular formula is C21H21ClN4O2. The van der Waals surface area contributed by atoms with Gasteiger partial charge in [0.15, 0.2) is 5.96 Å². The largest absolute Gasteiger partial charge is 0.495 e. The average molecular weight is 397 g/mol. The third-order valence-corrected chi connectivity index (χ3v) is 4.19. The summed E-state index contributed by atoms with van der Waals surface area (Å²) in [5.41, 5.74) is 8.59. The summed E-state index contributed by atoms with van der Waals surface area (Å²) < 4.78 is 10.9. The Morgan fingerprint density at radius 1 is 1.14 bits per heavy atom. The Morgan fingerprint density at radius 2 is 1.96 bits per heavy atom. The second-order valence-corrected chi connectivity index (χ2v) is 6.34. The van der Waals surface area contributed by atoms with Gasteiger partial charge in [0.1, 0.15) is 18.1 Å². The Morgan fingerprint density at radius 3 is 2.64 bits per heavy atom. The molecule has 0 saturated heterocycles. The molecule has 0 unspecified atom stereocenters. The van der Waals surface area contributed by atoms with Crippen LogP contribution < -0.4 is 20.5 Å². The van der Waals surface area contributed by atoms with Crippen LogP contribution in [0, 0.1) is 0 Å². The summed E-state index contributed by atoms with van der Waals surface area (Å²) in [6.45, 7) is 0.878. The van der Waals surface area contributed by atoms with E-state index < -0.39 is 0 Å². The second-order valence-electron chi connectivity index (χ2n) is 5.93. The van der Waals surface area contributed by atoms with Gasteiger partial charge in [-0.25, -0.2) is 4.99 Å². The number of benzene rings is 2. The Kier molecular flexibility index (Phi) is 6.70. The molecular weight excluding hydrogens is 376 g/mol. The molecule has 3 aromatic rings. The van der Waals surface area contributed by atoms with Crippen molar-refractivity contribution < 1.29 is 9.47 Å². The van der Waals surface area contributed by atoms with E-state index in [1.165, 1.54) is 0 Å². The maximum atomic E-state index is 6.10. The highest BCUT2D eigenvalue weighted by Gasteiger charge is 2.03. The molecule has 3 rings (SSSR count). The van der Waals surface area contributed by atoms with E-state index in [-0.39, 0.29) is 0 Å². The summed E-state index contributed by atoms with van der Waals surface area (Å²) in [7, 11) is 1.57. The molecule has 28 heavy (non-hydrogen) atoms. The van der Waals surface area contributed by atoms with E-state index in [1.54, 1.807) is 25.4 Å². The van der Waals surface area contributed by atoms with E-state index in [9.17, 15) is 0 Å². The molecule has 0 aliphatic carbocycles. The van der Waals surface area contributed by atoms with Gasteiger partial charge in [-0.3, -0.25) is 4.98 Å². The predicted octanol–water partition coefficient (Wildman–Crippen LogP) is 4.25. The number of guanidine groups is 1. The molecule has 0 bridgehead atoms. The Balaban J connectivity index is 1.52. The number of nitrogens with one attached hydrogen (secondary N) is 1. The van der Waals surface area contributed by atoms with Crippen molar-refractivity contribution in [3.05, 3.63) is 83.1 Å². The number of methoxy groups -OCH3 is 1. The van der Waals surface area contributed by atoms with Crippen LogP contribution in [-0.4, -0.2) is 18.1 Å². The summed E-state index contributed by atoms with van der Waals surface area (Å²) >= 11 is 6.10. The van der Waals surface area contributed by atoms with Crippen LogP contribution in [0.15, 0.2) is 71.9 Å². The van der Waals surface area contributed by atoms with Crippen molar-refractivity contribution >= 4 is 23.2 Å². The van der Waals surface area contributed by atoms with Gasteiger partial charge in [0.2, 0.25) is 0 Å². The van der Waals surface area contributed by atoms with E-state index >= 15 is 0 Å². The number of hydrogen-bond acceptors (Lipinski definition) is 4. The number of nitrogens with zero attached hydrogens (tertiary/aromatic N) is 2. The lowest BCUT2D eigenvalue weighted by molar-refractivity contribution is 0.301. The summed E-state index contributed by atoms with van der Waals surface area (Å²) in [5.74, 6) is 1.68. The first kappa shape index (κ1) is 19.5. The molecule has 144 valence electrons. The van der Waals surface area contributed by atoms with E-state index in [2.05, 4.69) is 15.3 Å². The van der Waals surface area contributed by atoms with Crippen molar-refractivity contribution in [3.63, 3.8) is 0 Å². The van der Waals surface area contributed by atoms with Crippen LogP contribution in [0.25, 0.3) is 0 Å². The molecule has 0 spiro atoms. The van der Waals surface area contributed by atoms with Gasteiger partial charge in [-0.05, 0) is 48.0 Å². The van der Waals surface area contributed by atoms with Gasteiger partial charge in [0.05, 0.1) is 24.4 Å². The topological polar surface area (TPSA) is 81.8 Å². The highest BCUT2D eigenvalue weighted by Crippen LogP contribution is 2.27. The zero-order chi connectivity index (χ0) is 19.8. The molecule has 0 amide bonds. The number of pyridine rings is 1. The number of anilines is 1. The maximum Gasteiger partial charge on any atom is 0.193 e. The van der Waals surface area contributed by atoms with E-state index in [4.69, 9.17) is 26.8 Å².